The number of piperidine rings is 1. The summed E-state index contributed by atoms with van der Waals surface area (Å²) >= 11 is 0. The van der Waals surface area contributed by atoms with E-state index in [1.165, 1.54) is 16.8 Å². The average Bonchev–Trinajstić information content (AvgIpc) is 3.28. The molecule has 164 valence electrons. The number of benzene rings is 2. The predicted octanol–water partition coefficient (Wildman–Crippen LogP) is 3.02. The normalized spacial score (nSPS) is 21.3. The standard InChI is InChI=1S/C23H22FN5O3/c24-16-7-3-1-5-13(16)11-26-21(30)20-10-14-9-19(14)29(20)23(32)27-17-12-28(22(25)31)18-8-4-2-6-15(17)18/h1-8,12,14,19-20H,9-11H2,(H2,25,31)(H,26,30)(H,27,32)/t14-,19-,20+/m1/s1. The van der Waals surface area contributed by atoms with Gasteiger partial charge in [-0.25, -0.2) is 14.0 Å². The van der Waals surface area contributed by atoms with Crippen molar-refractivity contribution in [1.29, 1.82) is 0 Å². The Kier molecular flexibility index (Phi) is 4.80. The Labute approximate surface area is 183 Å². The fraction of sp³-hybridized carbons (Fsp3) is 0.261. The molecule has 4 N–H and O–H groups in total. The van der Waals surface area contributed by atoms with Gasteiger partial charge < -0.3 is 21.3 Å². The van der Waals surface area contributed by atoms with Gasteiger partial charge in [-0.1, -0.05) is 36.4 Å². The zero-order valence-electron chi connectivity index (χ0n) is 17.1. The van der Waals surface area contributed by atoms with Crippen molar-refractivity contribution in [3.63, 3.8) is 0 Å². The summed E-state index contributed by atoms with van der Waals surface area (Å²) in [5, 5.41) is 6.27. The van der Waals surface area contributed by atoms with Gasteiger partial charge in [0.1, 0.15) is 11.9 Å². The first kappa shape index (κ1) is 20.0. The number of rotatable bonds is 4. The van der Waals surface area contributed by atoms with Gasteiger partial charge in [0.2, 0.25) is 5.91 Å². The molecule has 0 bridgehead atoms. The minimum Gasteiger partial charge on any atom is -0.351 e. The lowest BCUT2D eigenvalue weighted by Gasteiger charge is -2.27. The predicted molar refractivity (Wildman–Crippen MR) is 116 cm³/mol. The second kappa shape index (κ2) is 7.67. The molecule has 2 fully saturated rings. The van der Waals surface area contributed by atoms with E-state index in [2.05, 4.69) is 10.6 Å². The third kappa shape index (κ3) is 3.45. The summed E-state index contributed by atoms with van der Waals surface area (Å²) in [6.07, 6.45) is 2.91. The number of nitrogens with zero attached hydrogens (tertiary/aromatic N) is 2. The number of amides is 4. The van der Waals surface area contributed by atoms with Crippen molar-refractivity contribution in [2.75, 3.05) is 5.32 Å². The lowest BCUT2D eigenvalue weighted by Crippen LogP contribution is -2.49. The average molecular weight is 435 g/mol. The van der Waals surface area contributed by atoms with E-state index < -0.39 is 18.1 Å². The molecule has 2 aliphatic rings. The van der Waals surface area contributed by atoms with Gasteiger partial charge in [-0.3, -0.25) is 9.36 Å². The molecule has 1 saturated carbocycles. The highest BCUT2D eigenvalue weighted by molar-refractivity contribution is 6.05. The number of fused-ring (bicyclic) bond motifs is 2. The Morgan fingerprint density at radius 1 is 1.06 bits per heavy atom. The molecule has 0 spiro atoms. The van der Waals surface area contributed by atoms with E-state index in [9.17, 15) is 18.8 Å². The third-order valence-electron chi connectivity index (χ3n) is 6.24. The molecular formula is C23H22FN5O3. The summed E-state index contributed by atoms with van der Waals surface area (Å²) in [5.74, 6) is -0.408. The first-order valence-electron chi connectivity index (χ1n) is 10.4. The van der Waals surface area contributed by atoms with Gasteiger partial charge in [-0.15, -0.1) is 0 Å². The first-order chi connectivity index (χ1) is 15.4. The van der Waals surface area contributed by atoms with Gasteiger partial charge in [-0.05, 0) is 30.9 Å². The summed E-state index contributed by atoms with van der Waals surface area (Å²) < 4.78 is 15.1. The van der Waals surface area contributed by atoms with Crippen molar-refractivity contribution in [3.05, 3.63) is 66.1 Å². The Morgan fingerprint density at radius 3 is 2.59 bits per heavy atom. The molecular weight excluding hydrogens is 413 g/mol. The molecule has 0 radical (unpaired) electrons. The van der Waals surface area contributed by atoms with E-state index in [0.29, 0.717) is 28.6 Å². The van der Waals surface area contributed by atoms with Crippen molar-refractivity contribution in [2.45, 2.75) is 31.5 Å². The number of hydrogen-bond acceptors (Lipinski definition) is 3. The number of anilines is 1. The molecule has 2 aromatic carbocycles. The molecule has 8 nitrogen and oxygen atoms in total. The van der Waals surface area contributed by atoms with E-state index in [1.807, 2.05) is 0 Å². The number of aromatic nitrogens is 1. The van der Waals surface area contributed by atoms with Crippen LogP contribution in [0.1, 0.15) is 18.4 Å². The molecule has 1 saturated heterocycles. The second-order valence-corrected chi connectivity index (χ2v) is 8.23. The van der Waals surface area contributed by atoms with Crippen LogP contribution in [0.4, 0.5) is 19.7 Å². The maximum Gasteiger partial charge on any atom is 0.323 e. The minimum absolute atomic E-state index is 0.00343. The largest absolute Gasteiger partial charge is 0.351 e. The zero-order valence-corrected chi connectivity index (χ0v) is 17.1. The van der Waals surface area contributed by atoms with E-state index in [-0.39, 0.29) is 30.2 Å². The van der Waals surface area contributed by atoms with E-state index in [1.54, 1.807) is 47.4 Å². The van der Waals surface area contributed by atoms with Crippen LogP contribution in [0, 0.1) is 11.7 Å². The van der Waals surface area contributed by atoms with Gasteiger partial charge in [-0.2, -0.15) is 0 Å². The number of carbonyl (C=O) groups excluding carboxylic acids is 3. The number of likely N-dealkylation sites (tertiary alicyclic amines) is 1. The molecule has 32 heavy (non-hydrogen) atoms. The van der Waals surface area contributed by atoms with Crippen LogP contribution in [0.3, 0.4) is 0 Å². The number of primary amides is 1. The van der Waals surface area contributed by atoms with Crippen LogP contribution in [-0.4, -0.2) is 39.5 Å². The molecule has 1 aliphatic carbocycles. The minimum atomic E-state index is -0.657. The molecule has 0 unspecified atom stereocenters. The maximum absolute atomic E-state index is 13.9. The van der Waals surface area contributed by atoms with E-state index >= 15 is 0 Å². The van der Waals surface area contributed by atoms with Crippen molar-refractivity contribution in [1.82, 2.24) is 14.8 Å². The van der Waals surface area contributed by atoms with Crippen LogP contribution < -0.4 is 16.4 Å². The molecule has 4 amide bonds. The van der Waals surface area contributed by atoms with Crippen LogP contribution >= 0.6 is 0 Å². The van der Waals surface area contributed by atoms with Crippen LogP contribution in [-0.2, 0) is 11.3 Å². The Bertz CT molecular complexity index is 1240. The number of hydrogen-bond donors (Lipinski definition) is 3. The first-order valence-corrected chi connectivity index (χ1v) is 10.4. The number of nitrogens with one attached hydrogen (secondary N) is 2. The van der Waals surface area contributed by atoms with Gasteiger partial charge in [0.15, 0.2) is 0 Å². The lowest BCUT2D eigenvalue weighted by atomic mass is 10.1. The topological polar surface area (TPSA) is 109 Å². The Morgan fingerprint density at radius 2 is 1.81 bits per heavy atom. The van der Waals surface area contributed by atoms with Gasteiger partial charge >= 0.3 is 12.1 Å². The number of nitrogens with two attached hydrogens (primary N) is 1. The Hall–Kier alpha value is -3.88. The van der Waals surface area contributed by atoms with Gasteiger partial charge in [0, 0.05) is 29.7 Å². The second-order valence-electron chi connectivity index (χ2n) is 8.23. The molecule has 2 heterocycles. The monoisotopic (exact) mass is 435 g/mol. The summed E-state index contributed by atoms with van der Waals surface area (Å²) in [6, 6.07) is 11.7. The Balaban J connectivity index is 1.33. The van der Waals surface area contributed by atoms with Crippen molar-refractivity contribution >= 4 is 34.6 Å². The van der Waals surface area contributed by atoms with Crippen LogP contribution in [0.5, 0.6) is 0 Å². The summed E-state index contributed by atoms with van der Waals surface area (Å²) in [6.45, 7) is 0.0545. The quantitative estimate of drug-likeness (QED) is 0.586. The summed E-state index contributed by atoms with van der Waals surface area (Å²) in [7, 11) is 0. The summed E-state index contributed by atoms with van der Waals surface area (Å²) in [5.41, 5.74) is 6.87. The fourth-order valence-corrected chi connectivity index (χ4v) is 4.57. The molecule has 3 aromatic rings. The maximum atomic E-state index is 13.9. The number of halogens is 1. The highest BCUT2D eigenvalue weighted by Crippen LogP contribution is 2.48. The highest BCUT2D eigenvalue weighted by Gasteiger charge is 2.56. The molecule has 1 aromatic heterocycles. The SMILES string of the molecule is NC(=O)n1cc(NC(=O)N2[C@@H]3C[C@@H]3C[C@H]2C(=O)NCc2ccccc2F)c2ccccc21. The molecule has 3 atom stereocenters. The lowest BCUT2D eigenvalue weighted by molar-refractivity contribution is -0.125. The van der Waals surface area contributed by atoms with Crippen molar-refractivity contribution in [3.8, 4) is 0 Å². The zero-order chi connectivity index (χ0) is 22.4. The van der Waals surface area contributed by atoms with Crippen LogP contribution in [0.15, 0.2) is 54.7 Å². The van der Waals surface area contributed by atoms with Crippen LogP contribution in [0.25, 0.3) is 10.9 Å². The highest BCUT2D eigenvalue weighted by atomic mass is 19.1. The number of para-hydroxylation sites is 1. The van der Waals surface area contributed by atoms with Crippen molar-refractivity contribution in [2.24, 2.45) is 11.7 Å². The van der Waals surface area contributed by atoms with E-state index in [4.69, 9.17) is 5.73 Å². The molecule has 5 rings (SSSR count). The number of urea groups is 1. The number of carbonyl (C=O) groups is 3. The smallest absolute Gasteiger partial charge is 0.323 e. The van der Waals surface area contributed by atoms with Crippen LogP contribution in [0.2, 0.25) is 0 Å². The van der Waals surface area contributed by atoms with Crippen molar-refractivity contribution < 1.29 is 18.8 Å². The molecule has 9 heteroatoms. The fourth-order valence-electron chi connectivity index (χ4n) is 4.57. The summed E-state index contributed by atoms with van der Waals surface area (Å²) in [4.78, 5) is 39.3. The van der Waals surface area contributed by atoms with E-state index in [0.717, 1.165) is 6.42 Å². The van der Waals surface area contributed by atoms with Gasteiger partial charge in [0.05, 0.1) is 11.2 Å². The third-order valence-corrected chi connectivity index (χ3v) is 6.24. The van der Waals surface area contributed by atoms with Gasteiger partial charge in [0.25, 0.3) is 0 Å². The molecule has 1 aliphatic heterocycles.